The summed E-state index contributed by atoms with van der Waals surface area (Å²) in [5.74, 6) is -0.695. The summed E-state index contributed by atoms with van der Waals surface area (Å²) >= 11 is 11.9. The number of ether oxygens (including phenoxy) is 1. The number of aryl methyl sites for hydroxylation is 1. The van der Waals surface area contributed by atoms with Gasteiger partial charge in [0, 0.05) is 24.0 Å². The molecule has 7 nitrogen and oxygen atoms in total. The zero-order chi connectivity index (χ0) is 23.6. The molecule has 12 heteroatoms. The Kier molecular flexibility index (Phi) is 6.56. The van der Waals surface area contributed by atoms with Crippen LogP contribution in [0.15, 0.2) is 48.7 Å². The van der Waals surface area contributed by atoms with Gasteiger partial charge in [0.1, 0.15) is 10.8 Å². The normalized spacial score (nSPS) is 11.2. The van der Waals surface area contributed by atoms with Crippen LogP contribution >= 0.6 is 23.2 Å². The molecule has 0 spiro atoms. The lowest BCUT2D eigenvalue weighted by atomic mass is 10.1. The van der Waals surface area contributed by atoms with Crippen LogP contribution in [0.5, 0.6) is 11.6 Å². The number of carbonyl (C=O) groups excluding carboxylic acids is 1. The lowest BCUT2D eigenvalue weighted by Gasteiger charge is -2.11. The summed E-state index contributed by atoms with van der Waals surface area (Å²) < 4.78 is 43.5. The highest BCUT2D eigenvalue weighted by molar-refractivity contribution is 6.35. The molecule has 3 aromatic rings. The molecule has 0 saturated heterocycles. The van der Waals surface area contributed by atoms with Gasteiger partial charge in [-0.2, -0.15) is 13.2 Å². The van der Waals surface area contributed by atoms with Crippen molar-refractivity contribution in [2.45, 2.75) is 13.1 Å². The number of hydrogen-bond acceptors (Lipinski definition) is 5. The number of aromatic nitrogens is 1. The van der Waals surface area contributed by atoms with E-state index >= 15 is 0 Å². The van der Waals surface area contributed by atoms with Crippen LogP contribution in [0.25, 0.3) is 0 Å². The summed E-state index contributed by atoms with van der Waals surface area (Å²) in [6.45, 7) is 1.54. The van der Waals surface area contributed by atoms with Crippen LogP contribution in [-0.2, 0) is 6.18 Å². The van der Waals surface area contributed by atoms with Crippen molar-refractivity contribution in [1.82, 2.24) is 4.98 Å². The Morgan fingerprint density at radius 3 is 2.38 bits per heavy atom. The maximum atomic E-state index is 12.7. The Morgan fingerprint density at radius 1 is 1.16 bits per heavy atom. The molecule has 1 aromatic heterocycles. The molecule has 0 bridgehead atoms. The quantitative estimate of drug-likeness (QED) is 0.321. The minimum Gasteiger partial charge on any atom is -0.438 e. The average molecular weight is 486 g/mol. The van der Waals surface area contributed by atoms with E-state index in [0.29, 0.717) is 23.5 Å². The van der Waals surface area contributed by atoms with Crippen molar-refractivity contribution in [3.05, 3.63) is 85.5 Å². The number of non-ortho nitro benzene ring substituents is 1. The molecule has 166 valence electrons. The fourth-order valence-corrected chi connectivity index (χ4v) is 2.99. The molecule has 32 heavy (non-hydrogen) atoms. The van der Waals surface area contributed by atoms with Gasteiger partial charge >= 0.3 is 6.18 Å². The van der Waals surface area contributed by atoms with Crippen molar-refractivity contribution in [2.75, 3.05) is 5.32 Å². The number of nitrogens with one attached hydrogen (secondary N) is 1. The third kappa shape index (κ3) is 5.27. The lowest BCUT2D eigenvalue weighted by Crippen LogP contribution is -2.13. The number of nitro groups is 1. The topological polar surface area (TPSA) is 94.4 Å². The van der Waals surface area contributed by atoms with Crippen LogP contribution in [0, 0.1) is 17.0 Å². The van der Waals surface area contributed by atoms with Gasteiger partial charge in [0.2, 0.25) is 5.88 Å². The van der Waals surface area contributed by atoms with Gasteiger partial charge in [0.25, 0.3) is 11.6 Å². The summed E-state index contributed by atoms with van der Waals surface area (Å²) in [7, 11) is 0. The van der Waals surface area contributed by atoms with Crippen molar-refractivity contribution < 1.29 is 27.6 Å². The Hall–Kier alpha value is -3.37. The maximum Gasteiger partial charge on any atom is 0.417 e. The van der Waals surface area contributed by atoms with E-state index in [2.05, 4.69) is 10.3 Å². The summed E-state index contributed by atoms with van der Waals surface area (Å²) in [6.07, 6.45) is -3.99. The van der Waals surface area contributed by atoms with E-state index in [9.17, 15) is 28.1 Å². The van der Waals surface area contributed by atoms with E-state index in [0.717, 1.165) is 6.07 Å². The molecule has 0 aliphatic rings. The molecule has 2 aromatic carbocycles. The maximum absolute atomic E-state index is 12.7. The first-order chi connectivity index (χ1) is 15.0. The van der Waals surface area contributed by atoms with Crippen molar-refractivity contribution in [3.8, 4) is 11.6 Å². The standard InChI is InChI=1S/C20H12Cl2F3N3O4/c1-10-6-13(28(30)31)8-15(17(10)22)18(29)27-12-2-4-14(5-3-12)32-19-16(21)7-11(9-26-19)20(23,24)25/h2-9H,1H3,(H,27,29). The number of benzene rings is 2. The highest BCUT2D eigenvalue weighted by atomic mass is 35.5. The number of amides is 1. The molecule has 0 aliphatic heterocycles. The van der Waals surface area contributed by atoms with Crippen LogP contribution in [0.1, 0.15) is 21.5 Å². The van der Waals surface area contributed by atoms with Gasteiger partial charge in [-0.3, -0.25) is 14.9 Å². The highest BCUT2D eigenvalue weighted by Gasteiger charge is 2.31. The van der Waals surface area contributed by atoms with Gasteiger partial charge in [-0.25, -0.2) is 4.98 Å². The Labute approximate surface area is 188 Å². The van der Waals surface area contributed by atoms with Crippen molar-refractivity contribution in [2.24, 2.45) is 0 Å². The zero-order valence-electron chi connectivity index (χ0n) is 16.0. The second kappa shape index (κ2) is 9.01. The molecular weight excluding hydrogens is 474 g/mol. The predicted molar refractivity (Wildman–Crippen MR) is 112 cm³/mol. The van der Waals surface area contributed by atoms with E-state index in [1.54, 1.807) is 6.92 Å². The number of nitro benzene ring substituents is 1. The van der Waals surface area contributed by atoms with Gasteiger partial charge in [0.15, 0.2) is 0 Å². The van der Waals surface area contributed by atoms with Crippen molar-refractivity contribution >= 4 is 40.5 Å². The van der Waals surface area contributed by atoms with Gasteiger partial charge in [-0.15, -0.1) is 0 Å². The molecule has 0 saturated carbocycles. The monoisotopic (exact) mass is 485 g/mol. The van der Waals surface area contributed by atoms with Gasteiger partial charge in [0.05, 0.1) is 21.1 Å². The van der Waals surface area contributed by atoms with Crippen LogP contribution in [0.3, 0.4) is 0 Å². The number of pyridine rings is 1. The molecule has 0 unspecified atom stereocenters. The third-order valence-electron chi connectivity index (χ3n) is 4.16. The third-order valence-corrected chi connectivity index (χ3v) is 4.93. The number of carbonyl (C=O) groups is 1. The lowest BCUT2D eigenvalue weighted by molar-refractivity contribution is -0.384. The first-order valence-electron chi connectivity index (χ1n) is 8.72. The van der Waals surface area contributed by atoms with E-state index in [1.165, 1.54) is 30.3 Å². The first-order valence-corrected chi connectivity index (χ1v) is 9.48. The van der Waals surface area contributed by atoms with Crippen molar-refractivity contribution in [1.29, 1.82) is 0 Å². The zero-order valence-corrected chi connectivity index (χ0v) is 17.5. The van der Waals surface area contributed by atoms with E-state index in [-0.39, 0.29) is 32.9 Å². The number of nitrogens with zero attached hydrogens (tertiary/aromatic N) is 2. The number of halogens is 5. The largest absolute Gasteiger partial charge is 0.438 e. The fraction of sp³-hybridized carbons (Fsp3) is 0.100. The van der Waals surface area contributed by atoms with Crippen LogP contribution in [0.2, 0.25) is 10.0 Å². The SMILES string of the molecule is Cc1cc([N+](=O)[O-])cc(C(=O)Nc2ccc(Oc3ncc(C(F)(F)F)cc3Cl)cc2)c1Cl. The summed E-state index contributed by atoms with van der Waals surface area (Å²) in [5.41, 5.74) is -0.672. The molecule has 0 fully saturated rings. The highest BCUT2D eigenvalue weighted by Crippen LogP contribution is 2.35. The second-order valence-corrected chi connectivity index (χ2v) is 7.26. The Bertz CT molecular complexity index is 1200. The molecular formula is C20H12Cl2F3N3O4. The van der Waals surface area contributed by atoms with Gasteiger partial charge in [-0.05, 0) is 42.8 Å². The smallest absolute Gasteiger partial charge is 0.417 e. The van der Waals surface area contributed by atoms with E-state index < -0.39 is 22.6 Å². The summed E-state index contributed by atoms with van der Waals surface area (Å²) in [6, 6.07) is 8.76. The first kappa shape index (κ1) is 23.3. The average Bonchev–Trinajstić information content (AvgIpc) is 2.71. The van der Waals surface area contributed by atoms with Crippen LogP contribution < -0.4 is 10.1 Å². The summed E-state index contributed by atoms with van der Waals surface area (Å²) in [4.78, 5) is 26.5. The Morgan fingerprint density at radius 2 is 1.81 bits per heavy atom. The van der Waals surface area contributed by atoms with Gasteiger partial charge < -0.3 is 10.1 Å². The van der Waals surface area contributed by atoms with Crippen LogP contribution in [-0.4, -0.2) is 15.8 Å². The Balaban J connectivity index is 1.74. The number of anilines is 1. The van der Waals surface area contributed by atoms with Gasteiger partial charge in [-0.1, -0.05) is 23.2 Å². The molecule has 3 rings (SSSR count). The minimum absolute atomic E-state index is 0.0700. The molecule has 1 N–H and O–H groups in total. The minimum atomic E-state index is -4.59. The van der Waals surface area contributed by atoms with E-state index in [1.807, 2.05) is 0 Å². The number of hydrogen-bond donors (Lipinski definition) is 1. The molecule has 0 radical (unpaired) electrons. The molecule has 1 amide bonds. The molecule has 1 heterocycles. The van der Waals surface area contributed by atoms with Crippen LogP contribution in [0.4, 0.5) is 24.5 Å². The molecule has 0 aliphatic carbocycles. The predicted octanol–water partition coefficient (Wildman–Crippen LogP) is 6.67. The molecule has 0 atom stereocenters. The summed E-state index contributed by atoms with van der Waals surface area (Å²) in [5, 5.41) is 13.3. The fourth-order valence-electron chi connectivity index (χ4n) is 2.59. The number of rotatable bonds is 5. The van der Waals surface area contributed by atoms with E-state index in [4.69, 9.17) is 27.9 Å². The second-order valence-electron chi connectivity index (χ2n) is 6.47. The van der Waals surface area contributed by atoms with Crippen molar-refractivity contribution in [3.63, 3.8) is 0 Å². The number of alkyl halides is 3.